The van der Waals surface area contributed by atoms with Gasteiger partial charge in [-0.25, -0.2) is 4.39 Å². The normalized spacial score (nSPS) is 12.6. The van der Waals surface area contributed by atoms with E-state index in [4.69, 9.17) is 15.2 Å². The van der Waals surface area contributed by atoms with Crippen molar-refractivity contribution in [2.45, 2.75) is 19.3 Å². The molecule has 0 aliphatic carbocycles. The van der Waals surface area contributed by atoms with Crippen LogP contribution in [0.1, 0.15) is 18.4 Å². The second kappa shape index (κ2) is 9.89. The Bertz CT molecular complexity index is 347. The van der Waals surface area contributed by atoms with Crippen molar-refractivity contribution in [3.05, 3.63) is 35.6 Å². The minimum absolute atomic E-state index is 0.151. The molecule has 0 saturated carbocycles. The van der Waals surface area contributed by atoms with E-state index in [2.05, 4.69) is 0 Å². The summed E-state index contributed by atoms with van der Waals surface area (Å²) in [4.78, 5) is 0. The molecule has 1 rings (SSSR count). The molecule has 0 saturated heterocycles. The predicted molar refractivity (Wildman–Crippen MR) is 74.6 cm³/mol. The molecule has 0 fully saturated rings. The molecule has 0 amide bonds. The molecular weight excluding hydrogens is 245 g/mol. The summed E-state index contributed by atoms with van der Waals surface area (Å²) in [5.74, 6) is 0.112. The summed E-state index contributed by atoms with van der Waals surface area (Å²) in [7, 11) is 1.68. The first-order valence-electron chi connectivity index (χ1n) is 6.78. The molecule has 108 valence electrons. The maximum absolute atomic E-state index is 13.5. The highest BCUT2D eigenvalue weighted by Crippen LogP contribution is 2.14. The van der Waals surface area contributed by atoms with Gasteiger partial charge in [-0.1, -0.05) is 18.2 Å². The molecule has 0 radical (unpaired) electrons. The third kappa shape index (κ3) is 6.66. The predicted octanol–water partition coefficient (Wildman–Crippen LogP) is 2.39. The average Bonchev–Trinajstić information content (AvgIpc) is 2.43. The van der Waals surface area contributed by atoms with Crippen LogP contribution in [0.4, 0.5) is 4.39 Å². The maximum atomic E-state index is 13.5. The Balaban J connectivity index is 2.24. The smallest absolute Gasteiger partial charge is 0.126 e. The molecule has 1 atom stereocenters. The number of halogens is 1. The highest BCUT2D eigenvalue weighted by Gasteiger charge is 2.10. The van der Waals surface area contributed by atoms with E-state index < -0.39 is 0 Å². The molecule has 0 bridgehead atoms. The van der Waals surface area contributed by atoms with Crippen LogP contribution >= 0.6 is 0 Å². The number of benzene rings is 1. The van der Waals surface area contributed by atoms with Gasteiger partial charge in [0.25, 0.3) is 0 Å². The molecule has 2 N–H and O–H groups in total. The zero-order chi connectivity index (χ0) is 13.9. The van der Waals surface area contributed by atoms with Gasteiger partial charge in [-0.15, -0.1) is 0 Å². The van der Waals surface area contributed by atoms with Crippen LogP contribution in [0.5, 0.6) is 0 Å². The van der Waals surface area contributed by atoms with E-state index in [-0.39, 0.29) is 11.7 Å². The van der Waals surface area contributed by atoms with E-state index in [1.807, 2.05) is 12.1 Å². The van der Waals surface area contributed by atoms with Crippen molar-refractivity contribution >= 4 is 0 Å². The minimum Gasteiger partial charge on any atom is -0.385 e. The first-order chi connectivity index (χ1) is 9.27. The molecule has 1 aromatic carbocycles. The first kappa shape index (κ1) is 16.1. The molecule has 0 aliphatic heterocycles. The fraction of sp³-hybridized carbons (Fsp3) is 0.600. The Hall–Kier alpha value is -0.970. The van der Waals surface area contributed by atoms with Gasteiger partial charge in [-0.05, 0) is 43.4 Å². The second-order valence-corrected chi connectivity index (χ2v) is 4.64. The summed E-state index contributed by atoms with van der Waals surface area (Å²) in [6, 6.07) is 6.87. The quantitative estimate of drug-likeness (QED) is 0.663. The monoisotopic (exact) mass is 269 g/mol. The minimum atomic E-state index is -0.151. The van der Waals surface area contributed by atoms with Gasteiger partial charge in [0, 0.05) is 26.9 Å². The lowest BCUT2D eigenvalue weighted by Crippen LogP contribution is -2.19. The number of hydrogen-bond donors (Lipinski definition) is 1. The van der Waals surface area contributed by atoms with Gasteiger partial charge in [0.05, 0.1) is 0 Å². The van der Waals surface area contributed by atoms with Crippen molar-refractivity contribution in [3.63, 3.8) is 0 Å². The number of nitrogens with two attached hydrogens (primary N) is 1. The Morgan fingerprint density at radius 3 is 2.68 bits per heavy atom. The Kier molecular flexibility index (Phi) is 8.38. The lowest BCUT2D eigenvalue weighted by atomic mass is 9.96. The molecule has 0 heterocycles. The average molecular weight is 269 g/mol. The molecular formula is C15H24FNO2. The Labute approximate surface area is 114 Å². The van der Waals surface area contributed by atoms with E-state index in [9.17, 15) is 4.39 Å². The van der Waals surface area contributed by atoms with E-state index in [0.29, 0.717) is 26.2 Å². The van der Waals surface area contributed by atoms with Gasteiger partial charge in [0.15, 0.2) is 0 Å². The largest absolute Gasteiger partial charge is 0.385 e. The summed E-state index contributed by atoms with van der Waals surface area (Å²) in [5.41, 5.74) is 6.47. The van der Waals surface area contributed by atoms with Crippen molar-refractivity contribution in [2.24, 2.45) is 11.7 Å². The number of methoxy groups -OCH3 is 1. The van der Waals surface area contributed by atoms with Gasteiger partial charge < -0.3 is 15.2 Å². The summed E-state index contributed by atoms with van der Waals surface area (Å²) in [6.45, 7) is 2.64. The lowest BCUT2D eigenvalue weighted by molar-refractivity contribution is 0.0941. The highest BCUT2D eigenvalue weighted by atomic mass is 19.1. The number of hydrogen-bond acceptors (Lipinski definition) is 3. The molecule has 0 aromatic heterocycles. The zero-order valence-corrected chi connectivity index (χ0v) is 11.6. The van der Waals surface area contributed by atoms with Crippen LogP contribution in [0.15, 0.2) is 24.3 Å². The molecule has 1 unspecified atom stereocenters. The van der Waals surface area contributed by atoms with Gasteiger partial charge in [-0.3, -0.25) is 0 Å². The van der Waals surface area contributed by atoms with Crippen molar-refractivity contribution in [2.75, 3.05) is 33.5 Å². The maximum Gasteiger partial charge on any atom is 0.126 e. The first-order valence-corrected chi connectivity index (χ1v) is 6.78. The molecule has 4 heteroatoms. The summed E-state index contributed by atoms with van der Waals surface area (Å²) in [6.07, 6.45) is 2.43. The molecule has 3 nitrogen and oxygen atoms in total. The third-order valence-corrected chi connectivity index (χ3v) is 3.11. The molecule has 19 heavy (non-hydrogen) atoms. The highest BCUT2D eigenvalue weighted by molar-refractivity contribution is 5.17. The van der Waals surface area contributed by atoms with Crippen molar-refractivity contribution in [3.8, 4) is 0 Å². The van der Waals surface area contributed by atoms with Crippen molar-refractivity contribution in [1.29, 1.82) is 0 Å². The topological polar surface area (TPSA) is 44.5 Å². The second-order valence-electron chi connectivity index (χ2n) is 4.64. The number of ether oxygens (including phenoxy) is 2. The van der Waals surface area contributed by atoms with Crippen LogP contribution < -0.4 is 5.73 Å². The fourth-order valence-electron chi connectivity index (χ4n) is 1.94. The Morgan fingerprint density at radius 2 is 2.00 bits per heavy atom. The van der Waals surface area contributed by atoms with Crippen LogP contribution in [-0.2, 0) is 15.9 Å². The van der Waals surface area contributed by atoms with Gasteiger partial charge in [-0.2, -0.15) is 0 Å². The summed E-state index contributed by atoms with van der Waals surface area (Å²) in [5, 5.41) is 0. The SMILES string of the molecule is COCCCOCCC(CN)Cc1ccccc1F. The van der Waals surface area contributed by atoms with Gasteiger partial charge in [0.1, 0.15) is 5.82 Å². The van der Waals surface area contributed by atoms with Crippen LogP contribution in [0, 0.1) is 11.7 Å². The fourth-order valence-corrected chi connectivity index (χ4v) is 1.94. The van der Waals surface area contributed by atoms with Crippen molar-refractivity contribution < 1.29 is 13.9 Å². The standard InChI is InChI=1S/C15H24FNO2/c1-18-8-4-9-19-10-7-13(12-17)11-14-5-2-3-6-15(14)16/h2-3,5-6,13H,4,7-12,17H2,1H3. The molecule has 1 aromatic rings. The van der Waals surface area contributed by atoms with Gasteiger partial charge >= 0.3 is 0 Å². The van der Waals surface area contributed by atoms with Gasteiger partial charge in [0.2, 0.25) is 0 Å². The Morgan fingerprint density at radius 1 is 1.21 bits per heavy atom. The van der Waals surface area contributed by atoms with E-state index in [1.54, 1.807) is 13.2 Å². The van der Waals surface area contributed by atoms with Crippen LogP contribution in [0.3, 0.4) is 0 Å². The van der Waals surface area contributed by atoms with Crippen LogP contribution in [-0.4, -0.2) is 33.5 Å². The molecule has 0 spiro atoms. The van der Waals surface area contributed by atoms with E-state index in [1.165, 1.54) is 6.07 Å². The van der Waals surface area contributed by atoms with E-state index >= 15 is 0 Å². The van der Waals surface area contributed by atoms with E-state index in [0.717, 1.165) is 25.0 Å². The van der Waals surface area contributed by atoms with Crippen molar-refractivity contribution in [1.82, 2.24) is 0 Å². The summed E-state index contributed by atoms with van der Waals surface area (Å²) < 4.78 is 24.0. The number of rotatable bonds is 10. The lowest BCUT2D eigenvalue weighted by Gasteiger charge is -2.15. The van der Waals surface area contributed by atoms with Crippen LogP contribution in [0.25, 0.3) is 0 Å². The molecule has 0 aliphatic rings. The third-order valence-electron chi connectivity index (χ3n) is 3.11. The zero-order valence-electron chi connectivity index (χ0n) is 11.6. The summed E-state index contributed by atoms with van der Waals surface area (Å²) >= 11 is 0. The van der Waals surface area contributed by atoms with Crippen LogP contribution in [0.2, 0.25) is 0 Å².